The van der Waals surface area contributed by atoms with Gasteiger partial charge < -0.3 is 14.4 Å². The summed E-state index contributed by atoms with van der Waals surface area (Å²) in [4.78, 5) is 18.2. The standard InChI is InChI=1S/C12H19ClN2O3S/c1-17-5-3-15(4-6-18-2)12(16)7-11-14-10(8-13)9-19-11/h9H,3-8H2,1-2H3. The van der Waals surface area contributed by atoms with Gasteiger partial charge in [-0.3, -0.25) is 4.79 Å². The number of rotatable bonds is 9. The lowest BCUT2D eigenvalue weighted by Crippen LogP contribution is -2.37. The van der Waals surface area contributed by atoms with Crippen LogP contribution in [0.15, 0.2) is 5.38 Å². The predicted octanol–water partition coefficient (Wildman–Crippen LogP) is 1.55. The molecule has 1 heterocycles. The third kappa shape index (κ3) is 5.86. The van der Waals surface area contributed by atoms with Crippen LogP contribution in [-0.4, -0.2) is 56.3 Å². The van der Waals surface area contributed by atoms with Crippen molar-refractivity contribution in [3.05, 3.63) is 16.1 Å². The van der Waals surface area contributed by atoms with E-state index in [2.05, 4.69) is 4.98 Å². The highest BCUT2D eigenvalue weighted by Gasteiger charge is 2.15. The van der Waals surface area contributed by atoms with E-state index in [4.69, 9.17) is 21.1 Å². The predicted molar refractivity (Wildman–Crippen MR) is 75.7 cm³/mol. The van der Waals surface area contributed by atoms with E-state index in [0.717, 1.165) is 10.7 Å². The molecule has 0 saturated carbocycles. The fourth-order valence-electron chi connectivity index (χ4n) is 1.50. The Kier molecular flexibility index (Phi) is 7.97. The maximum absolute atomic E-state index is 12.2. The SMILES string of the molecule is COCCN(CCOC)C(=O)Cc1nc(CCl)cs1. The van der Waals surface area contributed by atoms with Crippen LogP contribution in [0, 0.1) is 0 Å². The number of halogens is 1. The minimum absolute atomic E-state index is 0.0320. The zero-order chi connectivity index (χ0) is 14.1. The minimum Gasteiger partial charge on any atom is -0.383 e. The molecule has 0 fully saturated rings. The quantitative estimate of drug-likeness (QED) is 0.650. The molecule has 0 radical (unpaired) electrons. The number of aromatic nitrogens is 1. The molecule has 1 rings (SSSR count). The van der Waals surface area contributed by atoms with Crippen molar-refractivity contribution < 1.29 is 14.3 Å². The van der Waals surface area contributed by atoms with E-state index in [-0.39, 0.29) is 5.91 Å². The van der Waals surface area contributed by atoms with Crippen LogP contribution < -0.4 is 0 Å². The second-order valence-electron chi connectivity index (χ2n) is 3.91. The fraction of sp³-hybridized carbons (Fsp3) is 0.667. The van der Waals surface area contributed by atoms with Crippen LogP contribution in [0.1, 0.15) is 10.7 Å². The summed E-state index contributed by atoms with van der Waals surface area (Å²) >= 11 is 7.15. The minimum atomic E-state index is 0.0320. The third-order valence-electron chi connectivity index (χ3n) is 2.52. The molecule has 1 aromatic heterocycles. The maximum atomic E-state index is 12.2. The lowest BCUT2D eigenvalue weighted by molar-refractivity contribution is -0.131. The molecule has 0 aliphatic heterocycles. The largest absolute Gasteiger partial charge is 0.383 e. The van der Waals surface area contributed by atoms with Gasteiger partial charge in [-0.1, -0.05) is 0 Å². The van der Waals surface area contributed by atoms with Crippen molar-refractivity contribution in [1.82, 2.24) is 9.88 Å². The van der Waals surface area contributed by atoms with Crippen molar-refractivity contribution in [3.63, 3.8) is 0 Å². The number of methoxy groups -OCH3 is 2. The number of hydrogen-bond donors (Lipinski definition) is 0. The molecule has 1 aromatic rings. The molecule has 5 nitrogen and oxygen atoms in total. The molecule has 0 aliphatic carbocycles. The van der Waals surface area contributed by atoms with Gasteiger partial charge in [0.25, 0.3) is 0 Å². The molecular weight excluding hydrogens is 288 g/mol. The number of thiazole rings is 1. The highest BCUT2D eigenvalue weighted by molar-refractivity contribution is 7.09. The number of alkyl halides is 1. The van der Waals surface area contributed by atoms with E-state index in [0.29, 0.717) is 38.6 Å². The molecule has 0 bridgehead atoms. The molecule has 19 heavy (non-hydrogen) atoms. The number of amides is 1. The summed E-state index contributed by atoms with van der Waals surface area (Å²) in [7, 11) is 3.24. The monoisotopic (exact) mass is 306 g/mol. The van der Waals surface area contributed by atoms with Gasteiger partial charge in [-0.05, 0) is 0 Å². The summed E-state index contributed by atoms with van der Waals surface area (Å²) in [5, 5.41) is 2.67. The van der Waals surface area contributed by atoms with Crippen molar-refractivity contribution in [2.24, 2.45) is 0 Å². The second kappa shape index (κ2) is 9.25. The Labute approximate surface area is 122 Å². The van der Waals surface area contributed by atoms with Gasteiger partial charge in [0.15, 0.2) is 0 Å². The lowest BCUT2D eigenvalue weighted by Gasteiger charge is -2.21. The average molecular weight is 307 g/mol. The van der Waals surface area contributed by atoms with E-state index in [1.807, 2.05) is 5.38 Å². The van der Waals surface area contributed by atoms with Crippen LogP contribution in [0.5, 0.6) is 0 Å². The number of ether oxygens (including phenoxy) is 2. The molecule has 0 aliphatic rings. The van der Waals surface area contributed by atoms with Crippen molar-refractivity contribution >= 4 is 28.8 Å². The number of carbonyl (C=O) groups is 1. The highest BCUT2D eigenvalue weighted by Crippen LogP contribution is 2.13. The number of hydrogen-bond acceptors (Lipinski definition) is 5. The third-order valence-corrected chi connectivity index (χ3v) is 3.69. The molecule has 1 amide bonds. The fourth-order valence-corrected chi connectivity index (χ4v) is 2.51. The van der Waals surface area contributed by atoms with Crippen LogP contribution in [0.25, 0.3) is 0 Å². The molecule has 0 saturated heterocycles. The van der Waals surface area contributed by atoms with Crippen molar-refractivity contribution in [2.45, 2.75) is 12.3 Å². The molecular formula is C12H19ClN2O3S. The van der Waals surface area contributed by atoms with Crippen LogP contribution in [0.3, 0.4) is 0 Å². The second-order valence-corrected chi connectivity index (χ2v) is 5.12. The van der Waals surface area contributed by atoms with E-state index >= 15 is 0 Å². The normalized spacial score (nSPS) is 10.7. The first-order valence-corrected chi connectivity index (χ1v) is 7.37. The van der Waals surface area contributed by atoms with Gasteiger partial charge in [-0.2, -0.15) is 0 Å². The summed E-state index contributed by atoms with van der Waals surface area (Å²) in [6, 6.07) is 0. The van der Waals surface area contributed by atoms with Gasteiger partial charge in [0, 0.05) is 32.7 Å². The van der Waals surface area contributed by atoms with Crippen LogP contribution in [0.4, 0.5) is 0 Å². The first kappa shape index (κ1) is 16.4. The van der Waals surface area contributed by atoms with Crippen molar-refractivity contribution in [3.8, 4) is 0 Å². The van der Waals surface area contributed by atoms with Crippen molar-refractivity contribution in [1.29, 1.82) is 0 Å². The topological polar surface area (TPSA) is 51.7 Å². The number of carbonyl (C=O) groups excluding carboxylic acids is 1. The number of nitrogens with zero attached hydrogens (tertiary/aromatic N) is 2. The highest BCUT2D eigenvalue weighted by atomic mass is 35.5. The summed E-state index contributed by atoms with van der Waals surface area (Å²) in [6.07, 6.45) is 0.301. The van der Waals surface area contributed by atoms with Gasteiger partial charge >= 0.3 is 0 Å². The van der Waals surface area contributed by atoms with E-state index in [1.54, 1.807) is 19.1 Å². The van der Waals surface area contributed by atoms with E-state index in [1.165, 1.54) is 11.3 Å². The molecule has 108 valence electrons. The summed E-state index contributed by atoms with van der Waals surface area (Å²) in [5.74, 6) is 0.409. The van der Waals surface area contributed by atoms with Gasteiger partial charge in [0.2, 0.25) is 5.91 Å². The molecule has 0 N–H and O–H groups in total. The first-order valence-electron chi connectivity index (χ1n) is 5.96. The lowest BCUT2D eigenvalue weighted by atomic mass is 10.3. The Morgan fingerprint density at radius 1 is 1.37 bits per heavy atom. The molecule has 0 unspecified atom stereocenters. The maximum Gasteiger partial charge on any atom is 0.229 e. The molecule has 7 heteroatoms. The van der Waals surface area contributed by atoms with Gasteiger partial charge in [0.05, 0.1) is 31.2 Å². The van der Waals surface area contributed by atoms with E-state index < -0.39 is 0 Å². The Hall–Kier alpha value is -0.690. The molecule has 0 aromatic carbocycles. The van der Waals surface area contributed by atoms with Crippen LogP contribution in [0.2, 0.25) is 0 Å². The van der Waals surface area contributed by atoms with Crippen LogP contribution >= 0.6 is 22.9 Å². The molecule has 0 atom stereocenters. The Bertz CT molecular complexity index is 379. The Balaban J connectivity index is 2.54. The van der Waals surface area contributed by atoms with Gasteiger partial charge in [-0.15, -0.1) is 22.9 Å². The summed E-state index contributed by atoms with van der Waals surface area (Å²) in [6.45, 7) is 2.15. The van der Waals surface area contributed by atoms with Gasteiger partial charge in [-0.25, -0.2) is 4.98 Å². The zero-order valence-corrected chi connectivity index (χ0v) is 12.8. The smallest absolute Gasteiger partial charge is 0.229 e. The molecule has 0 spiro atoms. The van der Waals surface area contributed by atoms with Crippen molar-refractivity contribution in [2.75, 3.05) is 40.5 Å². The van der Waals surface area contributed by atoms with E-state index in [9.17, 15) is 4.79 Å². The summed E-state index contributed by atoms with van der Waals surface area (Å²) in [5.41, 5.74) is 0.815. The average Bonchev–Trinajstić information content (AvgIpc) is 2.86. The Morgan fingerprint density at radius 3 is 2.47 bits per heavy atom. The van der Waals surface area contributed by atoms with Gasteiger partial charge in [0.1, 0.15) is 5.01 Å². The summed E-state index contributed by atoms with van der Waals surface area (Å²) < 4.78 is 10.0. The Morgan fingerprint density at radius 2 is 2.00 bits per heavy atom. The van der Waals surface area contributed by atoms with Crippen LogP contribution in [-0.2, 0) is 26.6 Å². The first-order chi connectivity index (χ1) is 9.21. The zero-order valence-electron chi connectivity index (χ0n) is 11.2.